The number of aromatic nitrogens is 3. The average Bonchev–Trinajstić information content (AvgIpc) is 3.37. The maximum atomic E-state index is 5.99. The molecule has 0 bridgehead atoms. The summed E-state index contributed by atoms with van der Waals surface area (Å²) in [7, 11) is 0. The summed E-state index contributed by atoms with van der Waals surface area (Å²) in [6.07, 6.45) is 2.44. The van der Waals surface area contributed by atoms with Crippen LogP contribution >= 0.6 is 12.2 Å². The van der Waals surface area contributed by atoms with Crippen molar-refractivity contribution in [3.63, 3.8) is 0 Å². The third-order valence-electron chi connectivity index (χ3n) is 4.45. The van der Waals surface area contributed by atoms with Crippen LogP contribution in [0.5, 0.6) is 23.0 Å². The van der Waals surface area contributed by atoms with Crippen LogP contribution in [-0.4, -0.2) is 34.5 Å². The van der Waals surface area contributed by atoms with E-state index in [0.29, 0.717) is 29.5 Å². The maximum absolute atomic E-state index is 5.99. The number of hydrogen-bond acceptors (Lipinski definition) is 7. The number of rotatable bonds is 8. The molecule has 0 saturated heterocycles. The molecule has 0 amide bonds. The van der Waals surface area contributed by atoms with Crippen LogP contribution in [0.2, 0.25) is 0 Å². The molecule has 2 aromatic carbocycles. The molecule has 0 aliphatic carbocycles. The van der Waals surface area contributed by atoms with Crippen LogP contribution in [0.15, 0.2) is 41.5 Å². The Morgan fingerprint density at radius 1 is 1.13 bits per heavy atom. The molecule has 1 aliphatic rings. The summed E-state index contributed by atoms with van der Waals surface area (Å²) in [5.41, 5.74) is 1.84. The van der Waals surface area contributed by atoms with Crippen molar-refractivity contribution in [2.24, 2.45) is 5.10 Å². The molecule has 0 radical (unpaired) electrons. The van der Waals surface area contributed by atoms with Gasteiger partial charge in [-0.1, -0.05) is 13.0 Å². The molecule has 0 fully saturated rings. The van der Waals surface area contributed by atoms with Gasteiger partial charge >= 0.3 is 0 Å². The first-order valence-electron chi connectivity index (χ1n) is 9.66. The van der Waals surface area contributed by atoms with E-state index in [1.807, 2.05) is 50.2 Å². The topological polar surface area (TPSA) is 82.9 Å². The fraction of sp³-hybridized carbons (Fsp3) is 0.286. The fourth-order valence-corrected chi connectivity index (χ4v) is 3.18. The smallest absolute Gasteiger partial charge is 0.231 e. The molecule has 30 heavy (non-hydrogen) atoms. The van der Waals surface area contributed by atoms with Gasteiger partial charge in [-0.25, -0.2) is 0 Å². The number of fused-ring (bicyclic) bond motifs is 1. The number of nitrogens with one attached hydrogen (secondary N) is 1. The van der Waals surface area contributed by atoms with Gasteiger partial charge in [-0.3, -0.25) is 5.10 Å². The van der Waals surface area contributed by atoms with Crippen LogP contribution in [-0.2, 0) is 13.0 Å². The van der Waals surface area contributed by atoms with Crippen molar-refractivity contribution in [3.05, 3.63) is 58.1 Å². The first-order chi connectivity index (χ1) is 14.7. The van der Waals surface area contributed by atoms with Crippen molar-refractivity contribution in [3.8, 4) is 23.0 Å². The Morgan fingerprint density at radius 2 is 2.00 bits per heavy atom. The third-order valence-corrected chi connectivity index (χ3v) is 4.72. The van der Waals surface area contributed by atoms with Crippen LogP contribution in [0.1, 0.15) is 30.8 Å². The quantitative estimate of drug-likeness (QED) is 0.431. The molecule has 156 valence electrons. The van der Waals surface area contributed by atoms with Crippen molar-refractivity contribution < 1.29 is 18.9 Å². The zero-order valence-corrected chi connectivity index (χ0v) is 17.6. The zero-order valence-electron chi connectivity index (χ0n) is 16.8. The van der Waals surface area contributed by atoms with E-state index in [9.17, 15) is 0 Å². The molecule has 0 spiro atoms. The lowest BCUT2D eigenvalue weighted by Crippen LogP contribution is -2.01. The molecule has 2 heterocycles. The van der Waals surface area contributed by atoms with Gasteiger partial charge in [0.05, 0.1) is 12.8 Å². The lowest BCUT2D eigenvalue weighted by Gasteiger charge is -2.13. The molecule has 0 atom stereocenters. The maximum Gasteiger partial charge on any atom is 0.231 e. The molecule has 1 aliphatic heterocycles. The summed E-state index contributed by atoms with van der Waals surface area (Å²) in [5.74, 6) is 3.55. The predicted molar refractivity (Wildman–Crippen MR) is 114 cm³/mol. The van der Waals surface area contributed by atoms with Gasteiger partial charge in [-0.2, -0.15) is 14.9 Å². The number of hydrogen-bond donors (Lipinski definition) is 1. The number of H-pyrrole nitrogens is 1. The Bertz CT molecular complexity index is 1120. The molecule has 1 aromatic heterocycles. The highest BCUT2D eigenvalue weighted by Crippen LogP contribution is 2.34. The number of ether oxygens (including phenoxy) is 4. The highest BCUT2D eigenvalue weighted by molar-refractivity contribution is 7.71. The van der Waals surface area contributed by atoms with Gasteiger partial charge < -0.3 is 18.9 Å². The summed E-state index contributed by atoms with van der Waals surface area (Å²) < 4.78 is 24.6. The summed E-state index contributed by atoms with van der Waals surface area (Å²) >= 11 is 5.22. The van der Waals surface area contributed by atoms with Gasteiger partial charge in [-0.15, -0.1) is 0 Å². The minimum absolute atomic E-state index is 0.251. The van der Waals surface area contributed by atoms with Crippen LogP contribution in [0.25, 0.3) is 0 Å². The number of benzene rings is 2. The SMILES string of the molecule is CCOc1cc(/C=N\n2c(CC)n[nH]c2=S)ccc1OCc1ccc2c(c1)OCO2. The molecule has 8 nitrogen and oxygen atoms in total. The van der Waals surface area contributed by atoms with E-state index in [-0.39, 0.29) is 6.79 Å². The van der Waals surface area contributed by atoms with Gasteiger partial charge in [0.1, 0.15) is 6.61 Å². The Morgan fingerprint density at radius 3 is 2.83 bits per heavy atom. The second kappa shape index (κ2) is 9.00. The minimum Gasteiger partial charge on any atom is -0.490 e. The number of nitrogens with zero attached hydrogens (tertiary/aromatic N) is 3. The van der Waals surface area contributed by atoms with E-state index in [2.05, 4.69) is 15.3 Å². The van der Waals surface area contributed by atoms with Crippen molar-refractivity contribution in [2.75, 3.05) is 13.4 Å². The monoisotopic (exact) mass is 426 g/mol. The van der Waals surface area contributed by atoms with Gasteiger partial charge in [0, 0.05) is 6.42 Å². The second-order valence-corrected chi connectivity index (χ2v) is 6.86. The first kappa shape index (κ1) is 20.0. The molecule has 0 unspecified atom stereocenters. The van der Waals surface area contributed by atoms with Gasteiger partial charge in [0.2, 0.25) is 11.6 Å². The average molecular weight is 426 g/mol. The molecule has 4 rings (SSSR count). The summed E-state index contributed by atoms with van der Waals surface area (Å²) in [4.78, 5) is 0. The summed E-state index contributed by atoms with van der Waals surface area (Å²) in [6.45, 7) is 5.08. The molecular formula is C21H22N4O4S. The van der Waals surface area contributed by atoms with Crippen LogP contribution in [0.3, 0.4) is 0 Å². The zero-order chi connectivity index (χ0) is 20.9. The molecule has 0 saturated carbocycles. The second-order valence-electron chi connectivity index (χ2n) is 6.47. The third kappa shape index (κ3) is 4.30. The molecule has 9 heteroatoms. The van der Waals surface area contributed by atoms with Crippen molar-refractivity contribution >= 4 is 18.4 Å². The first-order valence-corrected chi connectivity index (χ1v) is 10.1. The van der Waals surface area contributed by atoms with Crippen molar-refractivity contribution in [2.45, 2.75) is 26.9 Å². The van der Waals surface area contributed by atoms with Gasteiger partial charge in [-0.05, 0) is 60.6 Å². The van der Waals surface area contributed by atoms with E-state index in [0.717, 1.165) is 34.9 Å². The highest BCUT2D eigenvalue weighted by Gasteiger charge is 2.14. The largest absolute Gasteiger partial charge is 0.490 e. The van der Waals surface area contributed by atoms with E-state index < -0.39 is 0 Å². The fourth-order valence-electron chi connectivity index (χ4n) is 2.98. The molecule has 1 N–H and O–H groups in total. The molecular weight excluding hydrogens is 404 g/mol. The van der Waals surface area contributed by atoms with Crippen molar-refractivity contribution in [1.29, 1.82) is 0 Å². The van der Waals surface area contributed by atoms with Gasteiger partial charge in [0.25, 0.3) is 0 Å². The van der Waals surface area contributed by atoms with Crippen LogP contribution < -0.4 is 18.9 Å². The van der Waals surface area contributed by atoms with Gasteiger partial charge in [0.15, 0.2) is 28.8 Å². The number of aromatic amines is 1. The predicted octanol–water partition coefficient (Wildman–Crippen LogP) is 4.09. The van der Waals surface area contributed by atoms with Crippen LogP contribution in [0, 0.1) is 4.77 Å². The van der Waals surface area contributed by atoms with Crippen molar-refractivity contribution in [1.82, 2.24) is 14.9 Å². The molecule has 3 aromatic rings. The highest BCUT2D eigenvalue weighted by atomic mass is 32.1. The summed E-state index contributed by atoms with van der Waals surface area (Å²) in [5, 5.41) is 11.3. The standard InChI is InChI=1S/C21H22N4O4S/c1-3-20-23-24-21(30)25(20)22-11-14-5-7-16(18(9-14)26-4-2)27-12-15-6-8-17-19(10-15)29-13-28-17/h5-11H,3-4,12-13H2,1-2H3,(H,24,30)/b22-11-. The normalized spacial score (nSPS) is 12.5. The van der Waals surface area contributed by atoms with E-state index in [1.165, 1.54) is 0 Å². The Kier molecular flexibility index (Phi) is 5.99. The van der Waals surface area contributed by atoms with E-state index in [1.54, 1.807) is 10.9 Å². The lowest BCUT2D eigenvalue weighted by atomic mass is 10.2. The van der Waals surface area contributed by atoms with E-state index >= 15 is 0 Å². The Labute approximate surface area is 179 Å². The Balaban J connectivity index is 1.51. The summed E-state index contributed by atoms with van der Waals surface area (Å²) in [6, 6.07) is 11.4. The van der Waals surface area contributed by atoms with E-state index in [4.69, 9.17) is 31.2 Å². The Hall–Kier alpha value is -3.33. The lowest BCUT2D eigenvalue weighted by molar-refractivity contribution is 0.174. The van der Waals surface area contributed by atoms with Crippen LogP contribution in [0.4, 0.5) is 0 Å². The minimum atomic E-state index is 0.251. The number of aryl methyl sites for hydroxylation is 1.